The van der Waals surface area contributed by atoms with E-state index in [-0.39, 0.29) is 16.3 Å². The highest BCUT2D eigenvalue weighted by atomic mass is 32.2. The molecule has 0 unspecified atom stereocenters. The summed E-state index contributed by atoms with van der Waals surface area (Å²) in [5, 5.41) is 0. The van der Waals surface area contributed by atoms with Crippen LogP contribution in [0.5, 0.6) is 5.75 Å². The van der Waals surface area contributed by atoms with Crippen LogP contribution in [0.1, 0.15) is 11.1 Å². The second kappa shape index (κ2) is 8.94. The van der Waals surface area contributed by atoms with Crippen molar-refractivity contribution in [3.05, 3.63) is 77.9 Å². The summed E-state index contributed by atoms with van der Waals surface area (Å²) in [7, 11) is -7.05. The molecule has 0 spiro atoms. The van der Waals surface area contributed by atoms with Crippen molar-refractivity contribution < 1.29 is 34.7 Å². The van der Waals surface area contributed by atoms with Crippen LogP contribution in [0.2, 0.25) is 0 Å². The molecule has 0 atom stereocenters. The van der Waals surface area contributed by atoms with E-state index >= 15 is 0 Å². The number of sulfonamides is 2. The molecule has 176 valence electrons. The van der Waals surface area contributed by atoms with Crippen molar-refractivity contribution in [2.24, 2.45) is 0 Å². The number of benzene rings is 3. The molecular weight excluding hydrogens is 481 g/mol. The zero-order chi connectivity index (χ0) is 24.4. The normalized spacial score (nSPS) is 12.3. The molecule has 3 rings (SSSR count). The largest absolute Gasteiger partial charge is 0.497 e. The van der Waals surface area contributed by atoms with Gasteiger partial charge in [0, 0.05) is 5.69 Å². The van der Waals surface area contributed by atoms with Gasteiger partial charge in [-0.05, 0) is 67.1 Å². The van der Waals surface area contributed by atoms with Gasteiger partial charge in [0.25, 0.3) is 20.0 Å². The van der Waals surface area contributed by atoms with E-state index in [1.54, 1.807) is 12.1 Å². The molecule has 0 saturated heterocycles. The Morgan fingerprint density at radius 3 is 2.00 bits per heavy atom. The Balaban J connectivity index is 1.91. The molecule has 0 heterocycles. The molecule has 2 N–H and O–H groups in total. The van der Waals surface area contributed by atoms with E-state index in [0.29, 0.717) is 17.4 Å². The number of methoxy groups -OCH3 is 1. The minimum atomic E-state index is -4.72. The lowest BCUT2D eigenvalue weighted by molar-refractivity contribution is -0.137. The van der Waals surface area contributed by atoms with E-state index in [1.807, 2.05) is 0 Å². The quantitative estimate of drug-likeness (QED) is 0.493. The monoisotopic (exact) mass is 500 g/mol. The van der Waals surface area contributed by atoms with Crippen LogP contribution in [0, 0.1) is 6.92 Å². The lowest BCUT2D eigenvalue weighted by Crippen LogP contribution is -2.17. The molecule has 0 radical (unpaired) electrons. The first-order valence-corrected chi connectivity index (χ1v) is 12.3. The first-order chi connectivity index (χ1) is 15.3. The SMILES string of the molecule is COc1ccc(NS(=O)(=O)c2ccc(C)c(NS(=O)(=O)c3cccc(C(F)(F)F)c3)c2)cc1. The lowest BCUT2D eigenvalue weighted by Gasteiger charge is -2.14. The summed E-state index contributed by atoms with van der Waals surface area (Å²) >= 11 is 0. The number of ether oxygens (including phenoxy) is 1. The molecule has 0 fully saturated rings. The molecule has 3 aromatic carbocycles. The molecule has 3 aromatic rings. The van der Waals surface area contributed by atoms with Gasteiger partial charge in [-0.2, -0.15) is 13.2 Å². The second-order valence-electron chi connectivity index (χ2n) is 6.94. The third-order valence-electron chi connectivity index (χ3n) is 4.58. The Labute approximate surface area is 189 Å². The number of nitrogens with one attached hydrogen (secondary N) is 2. The fourth-order valence-corrected chi connectivity index (χ4v) is 5.05. The highest BCUT2D eigenvalue weighted by Crippen LogP contribution is 2.31. The first kappa shape index (κ1) is 24.4. The van der Waals surface area contributed by atoms with Gasteiger partial charge in [-0.25, -0.2) is 16.8 Å². The third kappa shape index (κ3) is 5.76. The van der Waals surface area contributed by atoms with Crippen LogP contribution in [0.3, 0.4) is 0 Å². The fourth-order valence-electron chi connectivity index (χ4n) is 2.79. The molecule has 0 amide bonds. The Kier molecular flexibility index (Phi) is 6.61. The van der Waals surface area contributed by atoms with Crippen LogP contribution in [0.15, 0.2) is 76.5 Å². The molecule has 33 heavy (non-hydrogen) atoms. The number of hydrogen-bond acceptors (Lipinski definition) is 5. The van der Waals surface area contributed by atoms with Crippen LogP contribution in [0.4, 0.5) is 24.5 Å². The summed E-state index contributed by atoms with van der Waals surface area (Å²) < 4.78 is 99.3. The Morgan fingerprint density at radius 1 is 0.788 bits per heavy atom. The van der Waals surface area contributed by atoms with Gasteiger partial charge in [0.05, 0.1) is 28.2 Å². The first-order valence-electron chi connectivity index (χ1n) is 9.29. The van der Waals surface area contributed by atoms with Crippen molar-refractivity contribution in [3.63, 3.8) is 0 Å². The van der Waals surface area contributed by atoms with E-state index < -0.39 is 36.7 Å². The zero-order valence-corrected chi connectivity index (χ0v) is 19.0. The van der Waals surface area contributed by atoms with E-state index in [0.717, 1.165) is 24.3 Å². The average molecular weight is 501 g/mol. The van der Waals surface area contributed by atoms with Crippen LogP contribution in [0.25, 0.3) is 0 Å². The zero-order valence-electron chi connectivity index (χ0n) is 17.3. The highest BCUT2D eigenvalue weighted by Gasteiger charge is 2.31. The van der Waals surface area contributed by atoms with Crippen molar-refractivity contribution in [1.82, 2.24) is 0 Å². The Hall–Kier alpha value is -3.25. The minimum absolute atomic E-state index is 0.0926. The van der Waals surface area contributed by atoms with Crippen LogP contribution < -0.4 is 14.2 Å². The van der Waals surface area contributed by atoms with Gasteiger partial charge >= 0.3 is 6.18 Å². The Morgan fingerprint density at radius 2 is 1.39 bits per heavy atom. The van der Waals surface area contributed by atoms with Gasteiger partial charge in [0.1, 0.15) is 5.75 Å². The number of halogens is 3. The van der Waals surface area contributed by atoms with E-state index in [2.05, 4.69) is 9.44 Å². The number of alkyl halides is 3. The van der Waals surface area contributed by atoms with Gasteiger partial charge in [-0.3, -0.25) is 9.44 Å². The number of anilines is 2. The highest BCUT2D eigenvalue weighted by molar-refractivity contribution is 7.93. The van der Waals surface area contributed by atoms with Gasteiger partial charge in [-0.1, -0.05) is 12.1 Å². The molecule has 0 saturated carbocycles. The molecule has 0 aliphatic heterocycles. The summed E-state index contributed by atoms with van der Waals surface area (Å²) in [6, 6.07) is 13.1. The topological polar surface area (TPSA) is 102 Å². The summed E-state index contributed by atoms with van der Waals surface area (Å²) in [4.78, 5) is -0.855. The third-order valence-corrected chi connectivity index (χ3v) is 7.32. The summed E-state index contributed by atoms with van der Waals surface area (Å²) in [5.41, 5.74) is -0.594. The number of hydrogen-bond donors (Lipinski definition) is 2. The smallest absolute Gasteiger partial charge is 0.416 e. The average Bonchev–Trinajstić information content (AvgIpc) is 2.75. The van der Waals surface area contributed by atoms with Crippen LogP contribution >= 0.6 is 0 Å². The van der Waals surface area contributed by atoms with Crippen molar-refractivity contribution in [2.75, 3.05) is 16.6 Å². The van der Waals surface area contributed by atoms with E-state index in [9.17, 15) is 30.0 Å². The molecule has 12 heteroatoms. The second-order valence-corrected chi connectivity index (χ2v) is 10.3. The van der Waals surface area contributed by atoms with Crippen molar-refractivity contribution >= 4 is 31.4 Å². The molecule has 7 nitrogen and oxygen atoms in total. The van der Waals surface area contributed by atoms with E-state index in [4.69, 9.17) is 4.74 Å². The fraction of sp³-hybridized carbons (Fsp3) is 0.143. The predicted molar refractivity (Wildman–Crippen MR) is 117 cm³/mol. The Bertz CT molecular complexity index is 1370. The van der Waals surface area contributed by atoms with Crippen LogP contribution in [-0.4, -0.2) is 23.9 Å². The molecule has 0 aromatic heterocycles. The van der Waals surface area contributed by atoms with Crippen molar-refractivity contribution in [1.29, 1.82) is 0 Å². The number of aryl methyl sites for hydroxylation is 1. The van der Waals surface area contributed by atoms with Gasteiger partial charge in [-0.15, -0.1) is 0 Å². The maximum Gasteiger partial charge on any atom is 0.416 e. The minimum Gasteiger partial charge on any atom is -0.497 e. The van der Waals surface area contributed by atoms with Crippen molar-refractivity contribution in [3.8, 4) is 5.75 Å². The standard InChI is InChI=1S/C21H19F3N2O5S2/c1-14-6-11-19(32(27,28)25-16-7-9-17(31-2)10-8-16)13-20(14)26-33(29,30)18-5-3-4-15(12-18)21(22,23)24/h3-13,25-26H,1-2H3. The number of rotatable bonds is 7. The van der Waals surface area contributed by atoms with E-state index in [1.165, 1.54) is 38.3 Å². The molecule has 0 bridgehead atoms. The van der Waals surface area contributed by atoms with Crippen molar-refractivity contribution in [2.45, 2.75) is 22.9 Å². The molecule has 0 aliphatic rings. The summed E-state index contributed by atoms with van der Waals surface area (Å²) in [5.74, 6) is 0.527. The van der Waals surface area contributed by atoms with Gasteiger partial charge in [0.15, 0.2) is 0 Å². The van der Waals surface area contributed by atoms with Gasteiger partial charge in [0.2, 0.25) is 0 Å². The molecule has 0 aliphatic carbocycles. The predicted octanol–water partition coefficient (Wildman–Crippen LogP) is 4.62. The van der Waals surface area contributed by atoms with Crippen LogP contribution in [-0.2, 0) is 26.2 Å². The summed E-state index contributed by atoms with van der Waals surface area (Å²) in [6.45, 7) is 1.53. The lowest BCUT2D eigenvalue weighted by atomic mass is 10.2. The maximum absolute atomic E-state index is 13.0. The van der Waals surface area contributed by atoms with Gasteiger partial charge < -0.3 is 4.74 Å². The molecular formula is C21H19F3N2O5S2. The summed E-state index contributed by atoms with van der Waals surface area (Å²) in [6.07, 6.45) is -4.72. The maximum atomic E-state index is 13.0.